The summed E-state index contributed by atoms with van der Waals surface area (Å²) in [7, 11) is 1.69. The molecule has 0 aromatic heterocycles. The summed E-state index contributed by atoms with van der Waals surface area (Å²) in [6, 6.07) is 16.5. The van der Waals surface area contributed by atoms with Gasteiger partial charge in [0.2, 0.25) is 5.91 Å². The van der Waals surface area contributed by atoms with Crippen LogP contribution in [0.5, 0.6) is 5.75 Å². The average Bonchev–Trinajstić information content (AvgIpc) is 3.41. The van der Waals surface area contributed by atoms with Crippen molar-refractivity contribution in [2.24, 2.45) is 0 Å². The molecule has 0 radical (unpaired) electrons. The molecular formula is C33H32F3N3O5. The highest BCUT2D eigenvalue weighted by Gasteiger charge is 2.39. The molecule has 3 aliphatic rings. The molecule has 6 rings (SSSR count). The lowest BCUT2D eigenvalue weighted by atomic mass is 9.94. The largest absolute Gasteiger partial charge is 0.490 e. The van der Waals surface area contributed by atoms with Gasteiger partial charge in [-0.15, -0.1) is 0 Å². The first kappa shape index (κ1) is 29.7. The van der Waals surface area contributed by atoms with Gasteiger partial charge >= 0.3 is 6.18 Å². The number of hydrogen-bond donors (Lipinski definition) is 2. The number of fused-ring (bicyclic) bond motifs is 3. The van der Waals surface area contributed by atoms with Crippen molar-refractivity contribution in [2.45, 2.75) is 62.6 Å². The number of carbonyl (C=O) groups excluding carboxylic acids is 3. The number of rotatable bonds is 5. The normalized spacial score (nSPS) is 21.7. The molecule has 44 heavy (non-hydrogen) atoms. The maximum absolute atomic E-state index is 13.5. The van der Waals surface area contributed by atoms with Crippen LogP contribution >= 0.6 is 0 Å². The van der Waals surface area contributed by atoms with E-state index in [0.717, 1.165) is 37.1 Å². The van der Waals surface area contributed by atoms with Gasteiger partial charge in [-0.05, 0) is 79.3 Å². The van der Waals surface area contributed by atoms with Crippen LogP contribution in [0.3, 0.4) is 0 Å². The van der Waals surface area contributed by atoms with Gasteiger partial charge in [-0.1, -0.05) is 24.3 Å². The van der Waals surface area contributed by atoms with E-state index in [9.17, 15) is 27.6 Å². The first-order valence-corrected chi connectivity index (χ1v) is 14.6. The molecule has 2 N–H and O–H groups in total. The second-order valence-electron chi connectivity index (χ2n) is 11.6. The fourth-order valence-electron chi connectivity index (χ4n) is 6.27. The van der Waals surface area contributed by atoms with Gasteiger partial charge in [-0.2, -0.15) is 13.2 Å². The second-order valence-corrected chi connectivity index (χ2v) is 11.6. The standard InChI is InChI=1S/C33H32F3N3O5/c1-39-27-12-11-25(17-30(40)37-24-14-20-4-2-3-5-21(20)15-24)44-29(27)18-43-28-13-10-23(16-26(28)32(39)42)38-31(41)19-6-8-22(9-7-19)33(34,35)36/h2-10,13,16,24-25,27,29H,11-12,14-15,17-18H2,1H3,(H,37,40)(H,38,41)/t25-,27-,29+/m1/s1. The maximum Gasteiger partial charge on any atom is 0.416 e. The number of ether oxygens (including phenoxy) is 2. The quantitative estimate of drug-likeness (QED) is 0.425. The van der Waals surface area contributed by atoms with Crippen molar-refractivity contribution in [3.63, 3.8) is 0 Å². The number of nitrogens with zero attached hydrogens (tertiary/aromatic N) is 1. The number of hydrogen-bond acceptors (Lipinski definition) is 5. The van der Waals surface area contributed by atoms with E-state index in [-0.39, 0.29) is 54.2 Å². The fraction of sp³-hybridized carbons (Fsp3) is 0.364. The zero-order valence-corrected chi connectivity index (χ0v) is 24.0. The van der Waals surface area contributed by atoms with Crippen LogP contribution in [-0.2, 0) is 28.5 Å². The molecule has 230 valence electrons. The van der Waals surface area contributed by atoms with Crippen molar-refractivity contribution >= 4 is 23.4 Å². The highest BCUT2D eigenvalue weighted by Crippen LogP contribution is 2.33. The van der Waals surface area contributed by atoms with Crippen molar-refractivity contribution in [2.75, 3.05) is 19.0 Å². The van der Waals surface area contributed by atoms with Crippen molar-refractivity contribution in [1.29, 1.82) is 0 Å². The van der Waals surface area contributed by atoms with Crippen LogP contribution in [0.4, 0.5) is 18.9 Å². The predicted molar refractivity (Wildman–Crippen MR) is 156 cm³/mol. The summed E-state index contributed by atoms with van der Waals surface area (Å²) in [5.41, 5.74) is 2.27. The number of likely N-dealkylation sites (N-methyl/N-ethyl adjacent to an activating group) is 1. The first-order valence-electron chi connectivity index (χ1n) is 14.6. The number of halogens is 3. The molecule has 3 aromatic rings. The molecule has 8 nitrogen and oxygen atoms in total. The fourth-order valence-corrected chi connectivity index (χ4v) is 6.27. The molecule has 1 saturated heterocycles. The summed E-state index contributed by atoms with van der Waals surface area (Å²) in [6.07, 6.45) is -2.13. The second kappa shape index (κ2) is 12.0. The number of anilines is 1. The molecule has 0 saturated carbocycles. The summed E-state index contributed by atoms with van der Waals surface area (Å²) < 4.78 is 50.9. The SMILES string of the molecule is CN1C(=O)c2cc(NC(=O)c3ccc(C(F)(F)F)cc3)ccc2OC[C@@H]2O[C@@H](CC(=O)NC3Cc4ccccc4C3)CC[C@H]21. The van der Waals surface area contributed by atoms with E-state index in [0.29, 0.717) is 24.3 Å². The lowest BCUT2D eigenvalue weighted by Crippen LogP contribution is -2.54. The predicted octanol–water partition coefficient (Wildman–Crippen LogP) is 5.01. The minimum absolute atomic E-state index is 0.0446. The molecule has 11 heteroatoms. The Morgan fingerprint density at radius 3 is 2.36 bits per heavy atom. The van der Waals surface area contributed by atoms with E-state index in [4.69, 9.17) is 9.47 Å². The van der Waals surface area contributed by atoms with E-state index in [2.05, 4.69) is 22.8 Å². The van der Waals surface area contributed by atoms with Gasteiger partial charge in [-0.25, -0.2) is 0 Å². The molecule has 0 spiro atoms. The molecule has 3 atom stereocenters. The summed E-state index contributed by atoms with van der Waals surface area (Å²) in [5.74, 6) is -0.670. The van der Waals surface area contributed by atoms with E-state index in [1.165, 1.54) is 17.2 Å². The third-order valence-corrected chi connectivity index (χ3v) is 8.57. The number of nitrogens with one attached hydrogen (secondary N) is 2. The number of carbonyl (C=O) groups is 3. The Labute approximate surface area is 252 Å². The van der Waals surface area contributed by atoms with Crippen LogP contribution in [0, 0.1) is 0 Å². The van der Waals surface area contributed by atoms with Crippen LogP contribution in [-0.4, -0.2) is 60.6 Å². The average molecular weight is 608 g/mol. The van der Waals surface area contributed by atoms with Crippen molar-refractivity contribution in [1.82, 2.24) is 10.2 Å². The van der Waals surface area contributed by atoms with Crippen molar-refractivity contribution in [3.05, 3.63) is 94.5 Å². The van der Waals surface area contributed by atoms with Crippen LogP contribution in [0.2, 0.25) is 0 Å². The lowest BCUT2D eigenvalue weighted by molar-refractivity contribution is -0.137. The molecule has 3 aromatic carbocycles. The number of alkyl halides is 3. The van der Waals surface area contributed by atoms with Crippen LogP contribution in [0.25, 0.3) is 0 Å². The summed E-state index contributed by atoms with van der Waals surface area (Å²) >= 11 is 0. The van der Waals surface area contributed by atoms with Gasteiger partial charge in [0.15, 0.2) is 0 Å². The maximum atomic E-state index is 13.5. The Morgan fingerprint density at radius 1 is 0.977 bits per heavy atom. The zero-order chi connectivity index (χ0) is 31.0. The number of benzene rings is 3. The molecule has 0 bridgehead atoms. The first-order chi connectivity index (χ1) is 21.0. The van der Waals surface area contributed by atoms with Gasteiger partial charge < -0.3 is 25.0 Å². The van der Waals surface area contributed by atoms with Crippen molar-refractivity contribution < 1.29 is 37.0 Å². The lowest BCUT2D eigenvalue weighted by Gasteiger charge is -2.42. The minimum atomic E-state index is -4.50. The highest BCUT2D eigenvalue weighted by molar-refractivity contribution is 6.05. The van der Waals surface area contributed by atoms with Crippen LogP contribution in [0.1, 0.15) is 56.7 Å². The Morgan fingerprint density at radius 2 is 1.68 bits per heavy atom. The van der Waals surface area contributed by atoms with Crippen LogP contribution in [0.15, 0.2) is 66.7 Å². The summed E-state index contributed by atoms with van der Waals surface area (Å²) in [6.45, 7) is 0.169. The molecule has 0 unspecified atom stereocenters. The van der Waals surface area contributed by atoms with Gasteiger partial charge in [0.05, 0.1) is 29.7 Å². The molecule has 2 aliphatic heterocycles. The number of amides is 3. The van der Waals surface area contributed by atoms with Gasteiger partial charge in [0.25, 0.3) is 11.8 Å². The van der Waals surface area contributed by atoms with Gasteiger partial charge in [0.1, 0.15) is 18.5 Å². The minimum Gasteiger partial charge on any atom is -0.490 e. The molecule has 1 aliphatic carbocycles. The van der Waals surface area contributed by atoms with E-state index >= 15 is 0 Å². The monoisotopic (exact) mass is 607 g/mol. The Balaban J connectivity index is 1.07. The van der Waals surface area contributed by atoms with Crippen molar-refractivity contribution in [3.8, 4) is 5.75 Å². The van der Waals surface area contributed by atoms with E-state index < -0.39 is 23.8 Å². The molecule has 1 fully saturated rings. The Bertz CT molecular complexity index is 1550. The topological polar surface area (TPSA) is 97.0 Å². The highest BCUT2D eigenvalue weighted by atomic mass is 19.4. The smallest absolute Gasteiger partial charge is 0.416 e. The molecule has 3 amide bonds. The van der Waals surface area contributed by atoms with Crippen LogP contribution < -0.4 is 15.4 Å². The van der Waals surface area contributed by atoms with Gasteiger partial charge in [-0.3, -0.25) is 14.4 Å². The third-order valence-electron chi connectivity index (χ3n) is 8.57. The third kappa shape index (κ3) is 6.28. The van der Waals surface area contributed by atoms with E-state index in [1.807, 2.05) is 12.1 Å². The molecular weight excluding hydrogens is 575 g/mol. The van der Waals surface area contributed by atoms with E-state index in [1.54, 1.807) is 24.1 Å². The zero-order valence-electron chi connectivity index (χ0n) is 24.0. The van der Waals surface area contributed by atoms with Gasteiger partial charge in [0, 0.05) is 24.3 Å². The summed E-state index contributed by atoms with van der Waals surface area (Å²) in [4.78, 5) is 40.7. The Kier molecular flexibility index (Phi) is 8.06. The summed E-state index contributed by atoms with van der Waals surface area (Å²) in [5, 5.41) is 5.78. The Hall–Kier alpha value is -4.38. The molecule has 2 heterocycles.